The van der Waals surface area contributed by atoms with E-state index < -0.39 is 29.6 Å². The van der Waals surface area contributed by atoms with Crippen LogP contribution in [0.3, 0.4) is 0 Å². The lowest BCUT2D eigenvalue weighted by Gasteiger charge is -2.16. The van der Waals surface area contributed by atoms with Crippen molar-refractivity contribution in [1.82, 2.24) is 5.32 Å². The first-order valence-electron chi connectivity index (χ1n) is 8.39. The Morgan fingerprint density at radius 3 is 2.54 bits per heavy atom. The van der Waals surface area contributed by atoms with Crippen LogP contribution in [0.4, 0.5) is 8.78 Å². The molecule has 1 amide bonds. The minimum Gasteiger partial charge on any atom is -0.451 e. The Hall–Kier alpha value is -2.68. The van der Waals surface area contributed by atoms with Crippen LogP contribution in [0, 0.1) is 29.9 Å². The van der Waals surface area contributed by atoms with Gasteiger partial charge in [0, 0.05) is 12.5 Å². The van der Waals surface area contributed by atoms with E-state index in [1.54, 1.807) is 6.08 Å². The average molecular weight is 363 g/mol. The van der Waals surface area contributed by atoms with Gasteiger partial charge < -0.3 is 10.1 Å². The Balaban J connectivity index is 2.86. The van der Waals surface area contributed by atoms with E-state index in [4.69, 9.17) is 11.2 Å². The molecule has 1 aromatic carbocycles. The van der Waals surface area contributed by atoms with Gasteiger partial charge in [-0.15, -0.1) is 6.42 Å². The molecule has 26 heavy (non-hydrogen) atoms. The molecule has 1 rings (SSSR count). The molecule has 0 spiro atoms. The molecular formula is C20H23F2NO3. The first kappa shape index (κ1) is 21.4. The van der Waals surface area contributed by atoms with Crippen LogP contribution in [-0.4, -0.2) is 24.5 Å². The lowest BCUT2D eigenvalue weighted by molar-refractivity contribution is -0.146. The second kappa shape index (κ2) is 11.0. The quantitative estimate of drug-likeness (QED) is 0.417. The number of carbonyl (C=O) groups excluding carboxylic acids is 2. The Labute approximate surface area is 152 Å². The summed E-state index contributed by atoms with van der Waals surface area (Å²) in [5.41, 5.74) is 0.216. The van der Waals surface area contributed by atoms with Gasteiger partial charge in [-0.2, -0.15) is 0 Å². The molecule has 0 aromatic heterocycles. The molecule has 0 aliphatic carbocycles. The van der Waals surface area contributed by atoms with Gasteiger partial charge in [-0.25, -0.2) is 13.6 Å². The maximum absolute atomic E-state index is 13.3. The number of esters is 1. The second-order valence-corrected chi connectivity index (χ2v) is 5.98. The average Bonchev–Trinajstić information content (AvgIpc) is 2.56. The Kier molecular flexibility index (Phi) is 9.07. The summed E-state index contributed by atoms with van der Waals surface area (Å²) in [4.78, 5) is 24.2. The highest BCUT2D eigenvalue weighted by Gasteiger charge is 2.22. The number of allylic oxidation sites excluding steroid dienone is 1. The molecule has 0 aliphatic rings. The van der Waals surface area contributed by atoms with Gasteiger partial charge in [0.15, 0.2) is 6.61 Å². The monoisotopic (exact) mass is 363 g/mol. The number of rotatable bonds is 9. The van der Waals surface area contributed by atoms with Crippen LogP contribution in [0.2, 0.25) is 0 Å². The maximum Gasteiger partial charge on any atom is 0.329 e. The third-order valence-electron chi connectivity index (χ3n) is 3.58. The van der Waals surface area contributed by atoms with Gasteiger partial charge >= 0.3 is 5.97 Å². The Bertz CT molecular complexity index is 675. The molecule has 0 bridgehead atoms. The fourth-order valence-electron chi connectivity index (χ4n) is 2.39. The zero-order chi connectivity index (χ0) is 19.5. The van der Waals surface area contributed by atoms with E-state index in [0.29, 0.717) is 0 Å². The molecule has 0 saturated heterocycles. The van der Waals surface area contributed by atoms with E-state index in [0.717, 1.165) is 31.0 Å². The van der Waals surface area contributed by atoms with Crippen molar-refractivity contribution in [3.05, 3.63) is 47.5 Å². The predicted molar refractivity (Wildman–Crippen MR) is 95.0 cm³/mol. The fraction of sp³-hybridized carbons (Fsp3) is 0.400. The van der Waals surface area contributed by atoms with E-state index in [2.05, 4.69) is 11.2 Å². The lowest BCUT2D eigenvalue weighted by Crippen LogP contribution is -2.42. The third-order valence-corrected chi connectivity index (χ3v) is 3.58. The number of carbonyl (C=O) groups is 2. The van der Waals surface area contributed by atoms with Crippen molar-refractivity contribution >= 4 is 11.9 Å². The van der Waals surface area contributed by atoms with Gasteiger partial charge in [-0.3, -0.25) is 4.79 Å². The van der Waals surface area contributed by atoms with Crippen LogP contribution in [-0.2, 0) is 20.7 Å². The molecule has 0 heterocycles. The molecule has 2 atom stereocenters. The van der Waals surface area contributed by atoms with Gasteiger partial charge in [0.2, 0.25) is 5.91 Å². The molecule has 6 heteroatoms. The zero-order valence-electron chi connectivity index (χ0n) is 14.9. The van der Waals surface area contributed by atoms with Crippen molar-refractivity contribution < 1.29 is 23.1 Å². The highest BCUT2D eigenvalue weighted by atomic mass is 19.1. The number of terminal acetylenes is 1. The van der Waals surface area contributed by atoms with Gasteiger partial charge in [-0.1, -0.05) is 32.3 Å². The second-order valence-electron chi connectivity index (χ2n) is 5.98. The van der Waals surface area contributed by atoms with Crippen molar-refractivity contribution in [3.63, 3.8) is 0 Å². The fourth-order valence-corrected chi connectivity index (χ4v) is 2.39. The minimum atomic E-state index is -1.11. The zero-order valence-corrected chi connectivity index (χ0v) is 14.9. The van der Waals surface area contributed by atoms with Crippen molar-refractivity contribution in [1.29, 1.82) is 0 Å². The number of benzene rings is 1. The van der Waals surface area contributed by atoms with Crippen molar-refractivity contribution in [2.75, 3.05) is 6.61 Å². The molecule has 0 radical (unpaired) electrons. The number of amides is 1. The molecule has 1 aromatic rings. The van der Waals surface area contributed by atoms with E-state index >= 15 is 0 Å². The van der Waals surface area contributed by atoms with Gasteiger partial charge in [-0.05, 0) is 36.1 Å². The van der Waals surface area contributed by atoms with Gasteiger partial charge in [0.1, 0.15) is 17.7 Å². The molecule has 1 unspecified atom stereocenters. The van der Waals surface area contributed by atoms with Crippen molar-refractivity contribution in [2.45, 2.75) is 39.2 Å². The standard InChI is InChI=1S/C20H23F2NO3/c1-4-6-14(3)7-8-19(24)23-18(20(25)26-9-5-2)12-15-10-16(21)13-17(22)11-15/h2,7-8,10-11,13-14,18H,4,6,9,12H2,1,3H3,(H,23,24)/b8-7+/t14?,18-/m0/s1. The molecule has 0 fully saturated rings. The molecule has 0 aliphatic heterocycles. The maximum atomic E-state index is 13.3. The summed E-state index contributed by atoms with van der Waals surface area (Å²) < 4.78 is 31.5. The lowest BCUT2D eigenvalue weighted by atomic mass is 10.0. The predicted octanol–water partition coefficient (Wildman–Crippen LogP) is 3.16. The van der Waals surface area contributed by atoms with E-state index in [1.165, 1.54) is 6.08 Å². The highest BCUT2D eigenvalue weighted by Crippen LogP contribution is 2.11. The highest BCUT2D eigenvalue weighted by molar-refractivity contribution is 5.91. The summed E-state index contributed by atoms with van der Waals surface area (Å²) in [5.74, 6) is -0.426. The van der Waals surface area contributed by atoms with Crippen LogP contribution >= 0.6 is 0 Å². The van der Waals surface area contributed by atoms with E-state index in [-0.39, 0.29) is 24.5 Å². The summed E-state index contributed by atoms with van der Waals surface area (Å²) in [7, 11) is 0. The Morgan fingerprint density at radius 1 is 1.31 bits per heavy atom. The van der Waals surface area contributed by atoms with Crippen LogP contribution in [0.25, 0.3) is 0 Å². The first-order valence-corrected chi connectivity index (χ1v) is 8.39. The minimum absolute atomic E-state index is 0.123. The first-order chi connectivity index (χ1) is 12.3. The molecule has 1 N–H and O–H groups in total. The van der Waals surface area contributed by atoms with Crippen LogP contribution < -0.4 is 5.32 Å². The number of hydrogen-bond acceptors (Lipinski definition) is 3. The molecular weight excluding hydrogens is 340 g/mol. The summed E-state index contributed by atoms with van der Waals surface area (Å²) in [6.07, 6.45) is 9.93. The summed E-state index contributed by atoms with van der Waals surface area (Å²) in [6, 6.07) is 1.81. The number of ether oxygens (including phenoxy) is 1. The number of nitrogens with one attached hydrogen (secondary N) is 1. The SMILES string of the molecule is C#CCOC(=O)[C@H](Cc1cc(F)cc(F)c1)NC(=O)/C=C/C(C)CCC. The van der Waals surface area contributed by atoms with E-state index in [9.17, 15) is 18.4 Å². The van der Waals surface area contributed by atoms with Crippen molar-refractivity contribution in [2.24, 2.45) is 5.92 Å². The molecule has 0 saturated carbocycles. The molecule has 4 nitrogen and oxygen atoms in total. The third kappa shape index (κ3) is 7.93. The van der Waals surface area contributed by atoms with Gasteiger partial charge in [0.05, 0.1) is 0 Å². The summed E-state index contributed by atoms with van der Waals surface area (Å²) in [5, 5.41) is 2.50. The Morgan fingerprint density at radius 2 is 1.96 bits per heavy atom. The van der Waals surface area contributed by atoms with Crippen LogP contribution in [0.5, 0.6) is 0 Å². The van der Waals surface area contributed by atoms with E-state index in [1.807, 2.05) is 13.8 Å². The normalized spacial score (nSPS) is 13.0. The number of hydrogen-bond donors (Lipinski definition) is 1. The largest absolute Gasteiger partial charge is 0.451 e. The topological polar surface area (TPSA) is 55.4 Å². The smallest absolute Gasteiger partial charge is 0.329 e. The van der Waals surface area contributed by atoms with Crippen molar-refractivity contribution in [3.8, 4) is 12.3 Å². The van der Waals surface area contributed by atoms with Gasteiger partial charge in [0.25, 0.3) is 0 Å². The molecule has 140 valence electrons. The van der Waals surface area contributed by atoms with Crippen LogP contribution in [0.15, 0.2) is 30.4 Å². The summed E-state index contributed by atoms with van der Waals surface area (Å²) in [6.45, 7) is 3.76. The summed E-state index contributed by atoms with van der Waals surface area (Å²) >= 11 is 0. The number of halogens is 2. The van der Waals surface area contributed by atoms with Crippen LogP contribution in [0.1, 0.15) is 32.3 Å².